The van der Waals surface area contributed by atoms with E-state index >= 15 is 0 Å². The van der Waals surface area contributed by atoms with Gasteiger partial charge in [0.25, 0.3) is 15.7 Å². The van der Waals surface area contributed by atoms with E-state index in [-0.39, 0.29) is 4.90 Å². The highest BCUT2D eigenvalue weighted by Crippen LogP contribution is 2.25. The maximum atomic E-state index is 13.7. The Morgan fingerprint density at radius 1 is 1.21 bits per heavy atom. The highest BCUT2D eigenvalue weighted by molar-refractivity contribution is 7.92. The van der Waals surface area contributed by atoms with Gasteiger partial charge in [0.05, 0.1) is 15.5 Å². The first-order chi connectivity index (χ1) is 11.2. The van der Waals surface area contributed by atoms with Crippen LogP contribution in [-0.4, -0.2) is 13.3 Å². The summed E-state index contributed by atoms with van der Waals surface area (Å²) in [6.45, 7) is 4.06. The minimum Gasteiger partial charge on any atom is -0.276 e. The summed E-state index contributed by atoms with van der Waals surface area (Å²) in [6.07, 6.45) is 0.920. The lowest BCUT2D eigenvalue weighted by Crippen LogP contribution is -2.14. The van der Waals surface area contributed by atoms with Gasteiger partial charge in [-0.05, 0) is 36.1 Å². The first-order valence-corrected chi connectivity index (χ1v) is 8.79. The zero-order chi connectivity index (χ0) is 17.9. The highest BCUT2D eigenvalue weighted by atomic mass is 32.2. The summed E-state index contributed by atoms with van der Waals surface area (Å²) in [5.74, 6) is -0.593. The van der Waals surface area contributed by atoms with Crippen LogP contribution in [0.4, 0.5) is 15.8 Å². The molecule has 6 nitrogen and oxygen atoms in total. The molecule has 0 aromatic heterocycles. The molecule has 1 N–H and O–H groups in total. The SMILES string of the molecule is CCC(C)c1ccc(S(=O)(=O)Nc2cc([N+](=O)[O-])ccc2F)cc1. The second kappa shape index (κ2) is 6.96. The largest absolute Gasteiger partial charge is 0.276 e. The molecule has 0 saturated carbocycles. The molecule has 0 aliphatic rings. The van der Waals surface area contributed by atoms with Crippen molar-refractivity contribution in [3.05, 3.63) is 64.0 Å². The topological polar surface area (TPSA) is 89.3 Å². The van der Waals surface area contributed by atoms with Crippen LogP contribution < -0.4 is 4.72 Å². The van der Waals surface area contributed by atoms with Gasteiger partial charge in [-0.1, -0.05) is 26.0 Å². The molecule has 0 aliphatic heterocycles. The van der Waals surface area contributed by atoms with Crippen molar-refractivity contribution in [2.75, 3.05) is 4.72 Å². The average molecular weight is 352 g/mol. The van der Waals surface area contributed by atoms with Crippen molar-refractivity contribution in [3.63, 3.8) is 0 Å². The fraction of sp³-hybridized carbons (Fsp3) is 0.250. The van der Waals surface area contributed by atoms with E-state index < -0.39 is 32.1 Å². The standard InChI is InChI=1S/C16H17FN2O4S/c1-3-11(2)12-4-7-14(8-5-12)24(22,23)18-16-10-13(19(20)21)6-9-15(16)17/h4-11,18H,3H2,1-2H3. The Morgan fingerprint density at radius 3 is 2.38 bits per heavy atom. The number of hydrogen-bond donors (Lipinski definition) is 1. The van der Waals surface area contributed by atoms with Crippen LogP contribution in [-0.2, 0) is 10.0 Å². The number of nitrogens with zero attached hydrogens (tertiary/aromatic N) is 1. The van der Waals surface area contributed by atoms with Crippen molar-refractivity contribution >= 4 is 21.4 Å². The number of nitrogens with one attached hydrogen (secondary N) is 1. The highest BCUT2D eigenvalue weighted by Gasteiger charge is 2.19. The normalized spacial score (nSPS) is 12.6. The van der Waals surface area contributed by atoms with E-state index in [2.05, 4.69) is 4.72 Å². The first kappa shape index (κ1) is 17.9. The Bertz CT molecular complexity index is 851. The van der Waals surface area contributed by atoms with Crippen LogP contribution in [0.25, 0.3) is 0 Å². The Labute approximate surface area is 139 Å². The van der Waals surface area contributed by atoms with E-state index in [0.29, 0.717) is 5.92 Å². The minimum atomic E-state index is -4.04. The van der Waals surface area contributed by atoms with E-state index in [1.165, 1.54) is 12.1 Å². The minimum absolute atomic E-state index is 0.0412. The molecule has 0 saturated heterocycles. The number of hydrogen-bond acceptors (Lipinski definition) is 4. The molecule has 24 heavy (non-hydrogen) atoms. The van der Waals surface area contributed by atoms with Crippen LogP contribution >= 0.6 is 0 Å². The van der Waals surface area contributed by atoms with Crippen LogP contribution in [0.2, 0.25) is 0 Å². The summed E-state index contributed by atoms with van der Waals surface area (Å²) in [6, 6.07) is 8.92. The van der Waals surface area contributed by atoms with Gasteiger partial charge in [-0.2, -0.15) is 0 Å². The van der Waals surface area contributed by atoms with Crippen LogP contribution in [0, 0.1) is 15.9 Å². The van der Waals surface area contributed by atoms with Crippen LogP contribution in [0.5, 0.6) is 0 Å². The van der Waals surface area contributed by atoms with Gasteiger partial charge >= 0.3 is 0 Å². The molecular weight excluding hydrogens is 335 g/mol. The summed E-state index contributed by atoms with van der Waals surface area (Å²) in [4.78, 5) is 9.97. The molecular formula is C16H17FN2O4S. The molecule has 128 valence electrons. The van der Waals surface area contributed by atoms with Crippen molar-refractivity contribution in [1.29, 1.82) is 0 Å². The van der Waals surface area contributed by atoms with Crippen molar-refractivity contribution in [3.8, 4) is 0 Å². The molecule has 0 bridgehead atoms. The van der Waals surface area contributed by atoms with Gasteiger partial charge in [0, 0.05) is 12.1 Å². The molecule has 2 aromatic rings. The van der Waals surface area contributed by atoms with Gasteiger partial charge in [0.1, 0.15) is 5.82 Å². The predicted octanol–water partition coefficient (Wildman–Crippen LogP) is 4.05. The molecule has 2 rings (SSSR count). The number of anilines is 1. The predicted molar refractivity (Wildman–Crippen MR) is 89.0 cm³/mol. The van der Waals surface area contributed by atoms with Crippen LogP contribution in [0.15, 0.2) is 47.4 Å². The maximum absolute atomic E-state index is 13.7. The summed E-state index contributed by atoms with van der Waals surface area (Å²) >= 11 is 0. The molecule has 0 heterocycles. The van der Waals surface area contributed by atoms with E-state index in [9.17, 15) is 22.9 Å². The van der Waals surface area contributed by atoms with Gasteiger partial charge in [0.15, 0.2) is 0 Å². The van der Waals surface area contributed by atoms with Crippen molar-refractivity contribution in [2.24, 2.45) is 0 Å². The summed E-state index contributed by atoms with van der Waals surface area (Å²) in [5, 5.41) is 10.7. The average Bonchev–Trinajstić information content (AvgIpc) is 2.55. The maximum Gasteiger partial charge on any atom is 0.271 e. The summed E-state index contributed by atoms with van der Waals surface area (Å²) in [7, 11) is -4.04. The molecule has 0 amide bonds. The fourth-order valence-corrected chi connectivity index (χ4v) is 3.18. The Balaban J connectivity index is 2.32. The molecule has 0 spiro atoms. The quantitative estimate of drug-likeness (QED) is 0.627. The van der Waals surface area contributed by atoms with Gasteiger partial charge in [0.2, 0.25) is 0 Å². The van der Waals surface area contributed by atoms with E-state index in [4.69, 9.17) is 0 Å². The van der Waals surface area contributed by atoms with Gasteiger partial charge in [-0.15, -0.1) is 0 Å². The van der Waals surface area contributed by atoms with E-state index in [1.54, 1.807) is 12.1 Å². The lowest BCUT2D eigenvalue weighted by atomic mass is 9.99. The first-order valence-electron chi connectivity index (χ1n) is 7.31. The molecule has 1 atom stereocenters. The second-order valence-electron chi connectivity index (χ2n) is 5.41. The summed E-state index contributed by atoms with van der Waals surface area (Å²) < 4.78 is 40.5. The molecule has 8 heteroatoms. The van der Waals surface area contributed by atoms with Gasteiger partial charge < -0.3 is 0 Å². The van der Waals surface area contributed by atoms with Crippen molar-refractivity contribution < 1.29 is 17.7 Å². The van der Waals surface area contributed by atoms with E-state index in [0.717, 1.165) is 30.2 Å². The Morgan fingerprint density at radius 2 is 1.83 bits per heavy atom. The third kappa shape index (κ3) is 3.88. The molecule has 1 unspecified atom stereocenters. The molecule has 0 aliphatic carbocycles. The number of nitro groups is 1. The summed E-state index contributed by atoms with van der Waals surface area (Å²) in [5.41, 5.74) is 0.134. The number of halogens is 1. The van der Waals surface area contributed by atoms with Crippen molar-refractivity contribution in [1.82, 2.24) is 0 Å². The molecule has 2 aromatic carbocycles. The second-order valence-corrected chi connectivity index (χ2v) is 7.09. The number of nitro benzene ring substituents is 1. The van der Waals surface area contributed by atoms with Gasteiger partial charge in [-0.3, -0.25) is 14.8 Å². The van der Waals surface area contributed by atoms with Crippen LogP contribution in [0.1, 0.15) is 31.7 Å². The third-order valence-electron chi connectivity index (χ3n) is 3.78. The molecule has 0 fully saturated rings. The lowest BCUT2D eigenvalue weighted by molar-refractivity contribution is -0.384. The Hall–Kier alpha value is -2.48. The fourth-order valence-electron chi connectivity index (χ4n) is 2.12. The number of benzene rings is 2. The zero-order valence-corrected chi connectivity index (χ0v) is 14.0. The number of rotatable bonds is 6. The third-order valence-corrected chi connectivity index (χ3v) is 5.16. The smallest absolute Gasteiger partial charge is 0.271 e. The monoisotopic (exact) mass is 352 g/mol. The molecule has 0 radical (unpaired) electrons. The number of sulfonamides is 1. The van der Waals surface area contributed by atoms with Gasteiger partial charge in [-0.25, -0.2) is 12.8 Å². The Kier molecular flexibility index (Phi) is 5.18. The van der Waals surface area contributed by atoms with Crippen LogP contribution in [0.3, 0.4) is 0 Å². The zero-order valence-electron chi connectivity index (χ0n) is 13.2. The number of non-ortho nitro benzene ring substituents is 1. The van der Waals surface area contributed by atoms with E-state index in [1.807, 2.05) is 13.8 Å². The lowest BCUT2D eigenvalue weighted by Gasteiger charge is -2.11. The van der Waals surface area contributed by atoms with Crippen molar-refractivity contribution in [2.45, 2.75) is 31.1 Å².